The van der Waals surface area contributed by atoms with Crippen molar-refractivity contribution < 1.29 is 9.18 Å². The first-order chi connectivity index (χ1) is 12.0. The van der Waals surface area contributed by atoms with Crippen LogP contribution in [-0.4, -0.2) is 15.9 Å². The molecule has 0 atom stereocenters. The molecule has 0 radical (unpaired) electrons. The van der Waals surface area contributed by atoms with Crippen molar-refractivity contribution in [2.45, 2.75) is 0 Å². The summed E-state index contributed by atoms with van der Waals surface area (Å²) in [6.45, 7) is 0. The number of amides is 1. The van der Waals surface area contributed by atoms with Crippen molar-refractivity contribution in [3.63, 3.8) is 0 Å². The normalized spacial score (nSPS) is 10.4. The highest BCUT2D eigenvalue weighted by molar-refractivity contribution is 6.35. The molecule has 126 valence electrons. The molecular weight excluding hydrogens is 366 g/mol. The zero-order valence-corrected chi connectivity index (χ0v) is 14.1. The van der Waals surface area contributed by atoms with Crippen molar-refractivity contribution in [1.29, 1.82) is 0 Å². The number of anilines is 3. The minimum Gasteiger partial charge on any atom is -0.324 e. The molecule has 0 aliphatic heterocycles. The smallest absolute Gasteiger partial charge is 0.258 e. The van der Waals surface area contributed by atoms with E-state index in [1.165, 1.54) is 24.5 Å². The van der Waals surface area contributed by atoms with E-state index in [1.807, 2.05) is 0 Å². The summed E-state index contributed by atoms with van der Waals surface area (Å²) in [7, 11) is 0. The molecule has 0 aliphatic carbocycles. The molecule has 1 heterocycles. The lowest BCUT2D eigenvalue weighted by Crippen LogP contribution is -2.13. The van der Waals surface area contributed by atoms with Gasteiger partial charge in [-0.05, 0) is 36.4 Å². The minimum absolute atomic E-state index is 0.237. The SMILES string of the molecule is O=C(Nc1cc(Cl)ccc1Cl)c1cnc(Nc2cccc(F)c2)nc1. The monoisotopic (exact) mass is 376 g/mol. The molecule has 3 rings (SSSR count). The van der Waals surface area contributed by atoms with Crippen LogP contribution in [0.25, 0.3) is 0 Å². The highest BCUT2D eigenvalue weighted by Gasteiger charge is 2.10. The van der Waals surface area contributed by atoms with E-state index in [1.54, 1.807) is 30.3 Å². The van der Waals surface area contributed by atoms with Crippen molar-refractivity contribution >= 4 is 46.4 Å². The third-order valence-corrected chi connectivity index (χ3v) is 3.74. The summed E-state index contributed by atoms with van der Waals surface area (Å²) in [6, 6.07) is 10.6. The number of hydrogen-bond acceptors (Lipinski definition) is 4. The van der Waals surface area contributed by atoms with Crippen LogP contribution in [0.2, 0.25) is 10.0 Å². The van der Waals surface area contributed by atoms with E-state index in [2.05, 4.69) is 20.6 Å². The molecule has 0 bridgehead atoms. The Morgan fingerprint density at radius 1 is 1.04 bits per heavy atom. The number of carbonyl (C=O) groups excluding carboxylic acids is 1. The summed E-state index contributed by atoms with van der Waals surface area (Å²) in [6.07, 6.45) is 2.70. The molecule has 2 N–H and O–H groups in total. The first kappa shape index (κ1) is 17.1. The van der Waals surface area contributed by atoms with Gasteiger partial charge in [0.15, 0.2) is 0 Å². The third-order valence-electron chi connectivity index (χ3n) is 3.17. The van der Waals surface area contributed by atoms with Crippen molar-refractivity contribution in [3.05, 3.63) is 76.3 Å². The zero-order valence-electron chi connectivity index (χ0n) is 12.6. The quantitative estimate of drug-likeness (QED) is 0.678. The lowest BCUT2D eigenvalue weighted by molar-refractivity contribution is 0.102. The number of rotatable bonds is 4. The molecule has 5 nitrogen and oxygen atoms in total. The number of halogens is 3. The Labute approximate surface area is 152 Å². The van der Waals surface area contributed by atoms with E-state index < -0.39 is 5.91 Å². The highest BCUT2D eigenvalue weighted by atomic mass is 35.5. The summed E-state index contributed by atoms with van der Waals surface area (Å²) in [5, 5.41) is 6.30. The molecule has 0 saturated heterocycles. The van der Waals surface area contributed by atoms with E-state index in [-0.39, 0.29) is 17.3 Å². The van der Waals surface area contributed by atoms with Crippen molar-refractivity contribution in [3.8, 4) is 0 Å². The second-order valence-corrected chi connectivity index (χ2v) is 5.85. The van der Waals surface area contributed by atoms with Crippen LogP contribution in [0.15, 0.2) is 54.9 Å². The van der Waals surface area contributed by atoms with Crippen LogP contribution in [0.5, 0.6) is 0 Å². The van der Waals surface area contributed by atoms with Gasteiger partial charge in [0.2, 0.25) is 5.95 Å². The fourth-order valence-corrected chi connectivity index (χ4v) is 2.33. The molecule has 0 unspecified atom stereocenters. The topological polar surface area (TPSA) is 66.9 Å². The second kappa shape index (κ2) is 7.46. The van der Waals surface area contributed by atoms with Gasteiger partial charge in [-0.15, -0.1) is 0 Å². The first-order valence-corrected chi connectivity index (χ1v) is 7.88. The third kappa shape index (κ3) is 4.43. The summed E-state index contributed by atoms with van der Waals surface area (Å²) >= 11 is 11.9. The van der Waals surface area contributed by atoms with Gasteiger partial charge in [-0.1, -0.05) is 29.3 Å². The van der Waals surface area contributed by atoms with Gasteiger partial charge in [-0.2, -0.15) is 0 Å². The first-order valence-electron chi connectivity index (χ1n) is 7.12. The zero-order chi connectivity index (χ0) is 17.8. The molecule has 0 spiro atoms. The van der Waals surface area contributed by atoms with E-state index in [9.17, 15) is 9.18 Å². The summed E-state index contributed by atoms with van der Waals surface area (Å²) < 4.78 is 13.2. The molecule has 1 amide bonds. The Kier molecular flexibility index (Phi) is 5.11. The number of nitrogens with zero attached hydrogens (tertiary/aromatic N) is 2. The van der Waals surface area contributed by atoms with Crippen LogP contribution < -0.4 is 10.6 Å². The Bertz CT molecular complexity index is 919. The maximum atomic E-state index is 13.2. The molecule has 3 aromatic rings. The van der Waals surface area contributed by atoms with Crippen molar-refractivity contribution in [1.82, 2.24) is 9.97 Å². The molecular formula is C17H11Cl2FN4O. The number of nitrogens with one attached hydrogen (secondary N) is 2. The average molecular weight is 377 g/mol. The van der Waals surface area contributed by atoms with Crippen LogP contribution in [0, 0.1) is 5.82 Å². The fraction of sp³-hybridized carbons (Fsp3) is 0. The van der Waals surface area contributed by atoms with Gasteiger partial charge < -0.3 is 10.6 Å². The largest absolute Gasteiger partial charge is 0.324 e. The van der Waals surface area contributed by atoms with E-state index in [4.69, 9.17) is 23.2 Å². The lowest BCUT2D eigenvalue weighted by Gasteiger charge is -2.08. The maximum absolute atomic E-state index is 13.2. The van der Waals surface area contributed by atoms with Gasteiger partial charge in [0.25, 0.3) is 5.91 Å². The maximum Gasteiger partial charge on any atom is 0.258 e. The second-order valence-electron chi connectivity index (χ2n) is 5.01. The summed E-state index contributed by atoms with van der Waals surface area (Å²) in [5.74, 6) is -0.566. The van der Waals surface area contributed by atoms with Crippen LogP contribution >= 0.6 is 23.2 Å². The predicted octanol–water partition coefficient (Wildman–Crippen LogP) is 4.92. The van der Waals surface area contributed by atoms with Crippen LogP contribution in [0.1, 0.15) is 10.4 Å². The highest BCUT2D eigenvalue weighted by Crippen LogP contribution is 2.25. The minimum atomic E-state index is -0.429. The van der Waals surface area contributed by atoms with Gasteiger partial charge in [-0.3, -0.25) is 4.79 Å². The van der Waals surface area contributed by atoms with Crippen molar-refractivity contribution in [2.24, 2.45) is 0 Å². The Morgan fingerprint density at radius 3 is 2.52 bits per heavy atom. The summed E-state index contributed by atoms with van der Waals surface area (Å²) in [4.78, 5) is 20.3. The number of aromatic nitrogens is 2. The molecule has 25 heavy (non-hydrogen) atoms. The Morgan fingerprint density at radius 2 is 1.80 bits per heavy atom. The molecule has 2 aromatic carbocycles. The molecule has 8 heteroatoms. The van der Waals surface area contributed by atoms with Crippen LogP contribution in [0.3, 0.4) is 0 Å². The number of carbonyl (C=O) groups is 1. The van der Waals surface area contributed by atoms with Crippen molar-refractivity contribution in [2.75, 3.05) is 10.6 Å². The van der Waals surface area contributed by atoms with Gasteiger partial charge in [0.1, 0.15) is 5.82 Å². The molecule has 0 saturated carbocycles. The van der Waals surface area contributed by atoms with E-state index >= 15 is 0 Å². The van der Waals surface area contributed by atoms with Crippen LogP contribution in [-0.2, 0) is 0 Å². The molecule has 1 aromatic heterocycles. The lowest BCUT2D eigenvalue weighted by atomic mass is 10.2. The average Bonchev–Trinajstić information content (AvgIpc) is 2.59. The predicted molar refractivity (Wildman–Crippen MR) is 96.1 cm³/mol. The van der Waals surface area contributed by atoms with Crippen LogP contribution in [0.4, 0.5) is 21.7 Å². The Hall–Kier alpha value is -2.70. The Balaban J connectivity index is 1.71. The number of benzene rings is 2. The van der Waals surface area contributed by atoms with Gasteiger partial charge in [-0.25, -0.2) is 14.4 Å². The van der Waals surface area contributed by atoms with E-state index in [0.717, 1.165) is 0 Å². The van der Waals surface area contributed by atoms with E-state index in [0.29, 0.717) is 21.4 Å². The van der Waals surface area contributed by atoms with Gasteiger partial charge in [0, 0.05) is 23.1 Å². The fourth-order valence-electron chi connectivity index (χ4n) is 1.99. The number of hydrogen-bond donors (Lipinski definition) is 2. The molecule has 0 fully saturated rings. The van der Waals surface area contributed by atoms with Gasteiger partial charge in [0.05, 0.1) is 16.3 Å². The summed E-state index contributed by atoms with van der Waals surface area (Å²) in [5.41, 5.74) is 1.13. The molecule has 0 aliphatic rings. The standard InChI is InChI=1S/C17H11Cl2FN4O/c18-11-4-5-14(19)15(6-11)24-16(25)10-8-21-17(22-9-10)23-13-3-1-2-12(20)7-13/h1-9H,(H,24,25)(H,21,22,23). The van der Waals surface area contributed by atoms with Gasteiger partial charge >= 0.3 is 0 Å².